The van der Waals surface area contributed by atoms with Crippen molar-refractivity contribution in [1.82, 2.24) is 4.57 Å². The van der Waals surface area contributed by atoms with Crippen LogP contribution >= 0.6 is 0 Å². The third kappa shape index (κ3) is 3.38. The third-order valence-corrected chi connectivity index (χ3v) is 3.18. The number of hydrogen-bond acceptors (Lipinski definition) is 3. The number of rotatable bonds is 3. The lowest BCUT2D eigenvalue weighted by Crippen LogP contribution is -2.25. The second-order valence-electron chi connectivity index (χ2n) is 6.13. The van der Waals surface area contributed by atoms with Crippen LogP contribution in [0.5, 0.6) is 5.88 Å². The number of nitrogens with zero attached hydrogens (tertiary/aromatic N) is 2. The van der Waals surface area contributed by atoms with Gasteiger partial charge in [-0.05, 0) is 38.8 Å². The molecule has 21 heavy (non-hydrogen) atoms. The monoisotopic (exact) mass is 283 g/mol. The summed E-state index contributed by atoms with van der Waals surface area (Å²) in [6.45, 7) is 8.51. The van der Waals surface area contributed by atoms with Gasteiger partial charge in [0.05, 0.1) is 12.2 Å². The highest BCUT2D eigenvalue weighted by Crippen LogP contribution is 2.30. The van der Waals surface area contributed by atoms with Gasteiger partial charge in [0, 0.05) is 6.07 Å². The number of nitrogen functional groups attached to an aromatic ring is 1. The molecule has 4 heteroatoms. The van der Waals surface area contributed by atoms with Gasteiger partial charge in [-0.3, -0.25) is 4.57 Å². The van der Waals surface area contributed by atoms with Gasteiger partial charge >= 0.3 is 0 Å². The van der Waals surface area contributed by atoms with E-state index in [1.165, 1.54) is 5.56 Å². The summed E-state index contributed by atoms with van der Waals surface area (Å²) in [6, 6.07) is 11.9. The Morgan fingerprint density at radius 3 is 2.52 bits per heavy atom. The standard InChI is InChI=1S/C17H21N3O/c1-12-7-5-6-8-13(12)11-20-14(10-18)9-15(19)16(20)21-17(2,3)4/h5-9H,11,19H2,1-4H3. The first-order valence-electron chi connectivity index (χ1n) is 6.94. The Morgan fingerprint density at radius 2 is 1.95 bits per heavy atom. The summed E-state index contributed by atoms with van der Waals surface area (Å²) in [6.07, 6.45) is 0. The van der Waals surface area contributed by atoms with Gasteiger partial charge in [0.25, 0.3) is 0 Å². The van der Waals surface area contributed by atoms with Gasteiger partial charge in [-0.1, -0.05) is 24.3 Å². The van der Waals surface area contributed by atoms with Crippen LogP contribution < -0.4 is 10.5 Å². The van der Waals surface area contributed by atoms with Crippen molar-refractivity contribution < 1.29 is 4.74 Å². The van der Waals surface area contributed by atoms with E-state index in [2.05, 4.69) is 19.1 Å². The highest BCUT2D eigenvalue weighted by molar-refractivity contribution is 5.55. The fraction of sp³-hybridized carbons (Fsp3) is 0.353. The van der Waals surface area contributed by atoms with Crippen molar-refractivity contribution >= 4 is 5.69 Å². The number of nitrogens with two attached hydrogens (primary N) is 1. The zero-order valence-corrected chi connectivity index (χ0v) is 13.0. The predicted molar refractivity (Wildman–Crippen MR) is 84.2 cm³/mol. The van der Waals surface area contributed by atoms with Gasteiger partial charge < -0.3 is 10.5 Å². The summed E-state index contributed by atoms with van der Waals surface area (Å²) < 4.78 is 7.78. The van der Waals surface area contributed by atoms with Crippen LogP contribution in [0, 0.1) is 18.3 Å². The van der Waals surface area contributed by atoms with Gasteiger partial charge in [-0.15, -0.1) is 0 Å². The summed E-state index contributed by atoms with van der Waals surface area (Å²) >= 11 is 0. The zero-order chi connectivity index (χ0) is 15.6. The lowest BCUT2D eigenvalue weighted by Gasteiger charge is -2.23. The zero-order valence-electron chi connectivity index (χ0n) is 13.0. The number of anilines is 1. The minimum absolute atomic E-state index is 0.372. The van der Waals surface area contributed by atoms with Crippen LogP contribution in [0.15, 0.2) is 30.3 Å². The Morgan fingerprint density at radius 1 is 1.29 bits per heavy atom. The van der Waals surface area contributed by atoms with E-state index < -0.39 is 0 Å². The molecule has 0 radical (unpaired) electrons. The molecule has 0 bridgehead atoms. The average Bonchev–Trinajstić information content (AvgIpc) is 2.68. The summed E-state index contributed by atoms with van der Waals surface area (Å²) in [5.41, 5.74) is 8.97. The fourth-order valence-electron chi connectivity index (χ4n) is 2.16. The van der Waals surface area contributed by atoms with E-state index in [4.69, 9.17) is 10.5 Å². The lowest BCUT2D eigenvalue weighted by atomic mass is 10.1. The Bertz CT molecular complexity index is 687. The molecule has 1 aromatic heterocycles. The van der Waals surface area contributed by atoms with E-state index >= 15 is 0 Å². The van der Waals surface area contributed by atoms with Crippen molar-refractivity contribution in [3.63, 3.8) is 0 Å². The molecule has 4 nitrogen and oxygen atoms in total. The van der Waals surface area contributed by atoms with E-state index in [0.29, 0.717) is 23.8 Å². The van der Waals surface area contributed by atoms with E-state index in [1.807, 2.05) is 43.5 Å². The van der Waals surface area contributed by atoms with E-state index in [0.717, 1.165) is 5.56 Å². The Hall–Kier alpha value is -2.41. The van der Waals surface area contributed by atoms with Crippen molar-refractivity contribution in [2.75, 3.05) is 5.73 Å². The Kier molecular flexibility index (Phi) is 3.95. The smallest absolute Gasteiger partial charge is 0.219 e. The minimum Gasteiger partial charge on any atom is -0.472 e. The third-order valence-electron chi connectivity index (χ3n) is 3.18. The van der Waals surface area contributed by atoms with Gasteiger partial charge in [0.1, 0.15) is 17.4 Å². The number of ether oxygens (including phenoxy) is 1. The molecule has 0 aliphatic heterocycles. The maximum atomic E-state index is 9.32. The van der Waals surface area contributed by atoms with E-state index in [1.54, 1.807) is 6.07 Å². The molecule has 0 aliphatic rings. The topological polar surface area (TPSA) is 64.0 Å². The maximum absolute atomic E-state index is 9.32. The van der Waals surface area contributed by atoms with Crippen LogP contribution in [0.3, 0.4) is 0 Å². The van der Waals surface area contributed by atoms with Crippen molar-refractivity contribution in [2.45, 2.75) is 39.8 Å². The molecule has 0 saturated carbocycles. The molecule has 0 unspecified atom stereocenters. The molecule has 1 heterocycles. The lowest BCUT2D eigenvalue weighted by molar-refractivity contribution is 0.119. The Balaban J connectivity index is 2.47. The number of benzene rings is 1. The first-order chi connectivity index (χ1) is 9.81. The minimum atomic E-state index is -0.372. The van der Waals surface area contributed by atoms with Gasteiger partial charge in [0.2, 0.25) is 5.88 Å². The molecule has 110 valence electrons. The van der Waals surface area contributed by atoms with Crippen molar-refractivity contribution in [2.24, 2.45) is 0 Å². The second kappa shape index (κ2) is 5.53. The molecular weight excluding hydrogens is 262 g/mol. The molecular formula is C17H21N3O. The highest BCUT2D eigenvalue weighted by atomic mass is 16.5. The second-order valence-corrected chi connectivity index (χ2v) is 6.13. The number of nitriles is 1. The van der Waals surface area contributed by atoms with E-state index in [-0.39, 0.29) is 5.60 Å². The predicted octanol–water partition coefficient (Wildman–Crippen LogP) is 3.48. The molecule has 2 N–H and O–H groups in total. The first-order valence-corrected chi connectivity index (χ1v) is 6.94. The Labute approximate surface area is 125 Å². The summed E-state index contributed by atoms with van der Waals surface area (Å²) in [7, 11) is 0. The molecule has 2 aromatic rings. The van der Waals surface area contributed by atoms with Crippen LogP contribution in [-0.4, -0.2) is 10.2 Å². The number of aryl methyl sites for hydroxylation is 1. The maximum Gasteiger partial charge on any atom is 0.219 e. The summed E-state index contributed by atoms with van der Waals surface area (Å²) in [5, 5.41) is 9.32. The molecule has 0 atom stereocenters. The van der Waals surface area contributed by atoms with Crippen molar-refractivity contribution in [3.8, 4) is 11.9 Å². The quantitative estimate of drug-likeness (QED) is 0.938. The SMILES string of the molecule is Cc1ccccc1Cn1c(C#N)cc(N)c1OC(C)(C)C. The molecule has 0 aliphatic carbocycles. The first kappa shape index (κ1) is 15.0. The highest BCUT2D eigenvalue weighted by Gasteiger charge is 2.21. The number of hydrogen-bond donors (Lipinski definition) is 1. The van der Waals surface area contributed by atoms with Crippen LogP contribution in [0.1, 0.15) is 37.6 Å². The van der Waals surface area contributed by atoms with Crippen LogP contribution in [0.25, 0.3) is 0 Å². The number of aromatic nitrogens is 1. The van der Waals surface area contributed by atoms with Gasteiger partial charge in [0.15, 0.2) is 0 Å². The molecule has 2 rings (SSSR count). The molecule has 0 fully saturated rings. The molecule has 0 saturated heterocycles. The summed E-state index contributed by atoms with van der Waals surface area (Å²) in [4.78, 5) is 0. The normalized spacial score (nSPS) is 11.2. The van der Waals surface area contributed by atoms with E-state index in [9.17, 15) is 5.26 Å². The van der Waals surface area contributed by atoms with Gasteiger partial charge in [-0.2, -0.15) is 5.26 Å². The van der Waals surface area contributed by atoms with Crippen molar-refractivity contribution in [1.29, 1.82) is 5.26 Å². The molecule has 1 aromatic carbocycles. The van der Waals surface area contributed by atoms with Crippen LogP contribution in [0.4, 0.5) is 5.69 Å². The van der Waals surface area contributed by atoms with Gasteiger partial charge in [-0.25, -0.2) is 0 Å². The van der Waals surface area contributed by atoms with Crippen molar-refractivity contribution in [3.05, 3.63) is 47.2 Å². The largest absolute Gasteiger partial charge is 0.472 e. The van der Waals surface area contributed by atoms with Crippen LogP contribution in [0.2, 0.25) is 0 Å². The molecule has 0 spiro atoms. The van der Waals surface area contributed by atoms with Crippen LogP contribution in [-0.2, 0) is 6.54 Å². The fourth-order valence-corrected chi connectivity index (χ4v) is 2.16. The molecule has 0 amide bonds. The average molecular weight is 283 g/mol. The summed E-state index contributed by atoms with van der Waals surface area (Å²) in [5.74, 6) is 0.558.